The molecule has 5 aliphatic rings. The molecule has 3 aliphatic heterocycles. The lowest BCUT2D eigenvalue weighted by Crippen LogP contribution is -2.52. The molecule has 0 unspecified atom stereocenters. The molecular weight excluding hydrogens is 728 g/mol. The van der Waals surface area contributed by atoms with Crippen molar-refractivity contribution >= 4 is 41.2 Å². The molecule has 3 aromatic rings. The Kier molecular flexibility index (Phi) is 9.69. The number of aliphatic carboxylic acids is 1. The minimum absolute atomic E-state index is 0.00510. The van der Waals surface area contributed by atoms with Gasteiger partial charge in [-0.2, -0.15) is 0 Å². The Hall–Kier alpha value is -4.82. The smallest absolute Gasteiger partial charge is 0.310 e. The second-order valence-electron chi connectivity index (χ2n) is 16.0. The zero-order chi connectivity index (χ0) is 38.6. The van der Waals surface area contributed by atoms with Crippen molar-refractivity contribution in [3.05, 3.63) is 75.1 Å². The number of carbonyl (C=O) groups excluding carboxylic acids is 4. The van der Waals surface area contributed by atoms with Crippen molar-refractivity contribution in [2.24, 2.45) is 23.8 Å². The maximum atomic E-state index is 14.6. The molecule has 1 N–H and O–H groups in total. The fourth-order valence-electron chi connectivity index (χ4n) is 9.03. The third-order valence-electron chi connectivity index (χ3n) is 12.6. The molecular formula is C40H45ClN6O8. The molecule has 0 bridgehead atoms. The molecule has 1 saturated heterocycles. The lowest BCUT2D eigenvalue weighted by atomic mass is 9.66. The van der Waals surface area contributed by atoms with Gasteiger partial charge in [0.05, 0.1) is 54.0 Å². The van der Waals surface area contributed by atoms with E-state index in [1.807, 2.05) is 4.90 Å². The number of nitrogens with zero attached hydrogens (tertiary/aromatic N) is 6. The van der Waals surface area contributed by atoms with E-state index in [9.17, 15) is 29.1 Å². The van der Waals surface area contributed by atoms with Crippen LogP contribution in [0.3, 0.4) is 0 Å². The van der Waals surface area contributed by atoms with E-state index in [0.29, 0.717) is 77.6 Å². The Balaban J connectivity index is 1.02. The van der Waals surface area contributed by atoms with Gasteiger partial charge in [0, 0.05) is 43.7 Å². The fourth-order valence-corrected chi connectivity index (χ4v) is 9.29. The number of likely N-dealkylation sites (tertiary alicyclic amines) is 1. The third-order valence-corrected chi connectivity index (χ3v) is 12.9. The summed E-state index contributed by atoms with van der Waals surface area (Å²) in [5.41, 5.74) is 2.29. The van der Waals surface area contributed by atoms with E-state index in [1.54, 1.807) is 60.0 Å². The zero-order valence-corrected chi connectivity index (χ0v) is 31.8. The second kappa shape index (κ2) is 14.4. The number of hydrogen-bond acceptors (Lipinski definition) is 9. The van der Waals surface area contributed by atoms with Gasteiger partial charge in [0.25, 0.3) is 11.8 Å². The number of hydrogen-bond donors (Lipinski definition) is 1. The summed E-state index contributed by atoms with van der Waals surface area (Å²) in [7, 11) is 1.73. The highest BCUT2D eigenvalue weighted by molar-refractivity contribution is 6.31. The molecule has 4 amide bonds. The summed E-state index contributed by atoms with van der Waals surface area (Å²) >= 11 is 6.85. The highest BCUT2D eigenvalue weighted by atomic mass is 35.5. The van der Waals surface area contributed by atoms with Crippen LogP contribution in [0.2, 0.25) is 5.02 Å². The predicted octanol–water partition coefficient (Wildman–Crippen LogP) is 4.58. The minimum atomic E-state index is -1.19. The number of imide groups is 1. The number of fused-ring (bicyclic) bond motifs is 2. The van der Waals surface area contributed by atoms with Crippen molar-refractivity contribution in [3.63, 3.8) is 0 Å². The molecule has 15 heteroatoms. The van der Waals surface area contributed by atoms with Crippen LogP contribution in [0, 0.1) is 16.7 Å². The highest BCUT2D eigenvalue weighted by Crippen LogP contribution is 2.54. The van der Waals surface area contributed by atoms with Crippen LogP contribution in [0.4, 0.5) is 0 Å². The zero-order valence-electron chi connectivity index (χ0n) is 31.1. The van der Waals surface area contributed by atoms with Crippen LogP contribution < -0.4 is 4.74 Å². The summed E-state index contributed by atoms with van der Waals surface area (Å²) in [6.45, 7) is 3.19. The summed E-state index contributed by atoms with van der Waals surface area (Å²) in [6.07, 6.45) is 5.38. The summed E-state index contributed by atoms with van der Waals surface area (Å²) in [5.74, 6) is -2.03. The molecule has 2 saturated carbocycles. The van der Waals surface area contributed by atoms with Crippen LogP contribution >= 0.6 is 11.6 Å². The normalized spacial score (nSPS) is 24.1. The van der Waals surface area contributed by atoms with Gasteiger partial charge in [0.2, 0.25) is 11.8 Å². The molecule has 55 heavy (non-hydrogen) atoms. The summed E-state index contributed by atoms with van der Waals surface area (Å²) in [6, 6.07) is 9.67. The number of carboxylic acids is 1. The Labute approximate surface area is 323 Å². The first-order valence-corrected chi connectivity index (χ1v) is 19.4. The lowest BCUT2D eigenvalue weighted by molar-refractivity contribution is -0.162. The van der Waals surface area contributed by atoms with E-state index in [4.69, 9.17) is 21.1 Å². The van der Waals surface area contributed by atoms with Crippen molar-refractivity contribution < 1.29 is 38.6 Å². The summed E-state index contributed by atoms with van der Waals surface area (Å²) < 4.78 is 14.0. The van der Waals surface area contributed by atoms with Gasteiger partial charge in [-0.15, -0.1) is 5.10 Å². The SMILES string of the molecule is Cn1nnc(COc2ccc(Cl)c3c2[C@@H](CN2CC4(CC4)CC2=O)N(C(=O)[C@@H]2CCCC[C@]2(C)C(=O)O)CC3)c1COCCN1C(=O)c2ccccc2C1=O. The van der Waals surface area contributed by atoms with Gasteiger partial charge < -0.3 is 24.4 Å². The highest BCUT2D eigenvalue weighted by Gasteiger charge is 2.54. The van der Waals surface area contributed by atoms with Crippen LogP contribution in [0.1, 0.15) is 101 Å². The molecule has 14 nitrogen and oxygen atoms in total. The first kappa shape index (κ1) is 37.1. The van der Waals surface area contributed by atoms with Crippen LogP contribution in [0.25, 0.3) is 0 Å². The molecule has 290 valence electrons. The largest absolute Gasteiger partial charge is 0.487 e. The molecule has 2 aromatic carbocycles. The Morgan fingerprint density at radius 2 is 1.76 bits per heavy atom. The predicted molar refractivity (Wildman–Crippen MR) is 197 cm³/mol. The second-order valence-corrected chi connectivity index (χ2v) is 16.4. The van der Waals surface area contributed by atoms with E-state index in [-0.39, 0.29) is 62.0 Å². The van der Waals surface area contributed by atoms with E-state index < -0.39 is 23.3 Å². The Morgan fingerprint density at radius 1 is 1.02 bits per heavy atom. The molecule has 8 rings (SSSR count). The lowest BCUT2D eigenvalue weighted by Gasteiger charge is -2.45. The van der Waals surface area contributed by atoms with Crippen molar-refractivity contribution in [2.75, 3.05) is 32.8 Å². The number of aromatic nitrogens is 3. The Morgan fingerprint density at radius 3 is 2.45 bits per heavy atom. The van der Waals surface area contributed by atoms with Crippen molar-refractivity contribution in [1.29, 1.82) is 0 Å². The number of amides is 4. The van der Waals surface area contributed by atoms with Crippen LogP contribution in [0.15, 0.2) is 36.4 Å². The van der Waals surface area contributed by atoms with Gasteiger partial charge in [-0.25, -0.2) is 4.68 Å². The standard InChI is InChI=1S/C40H45ClN6O8/c1-39(38(52)53)13-6-5-9-27(39)37(51)46-16-12-26-28(41)10-11-32(34(26)30(46)20-45-23-40(14-15-40)19-33(45)48)55-21-29-31(44(2)43-42-29)22-54-18-17-47-35(49)24-7-3-4-8-25(24)36(47)50/h3-4,7-8,10-11,27,30H,5-6,9,12-23H2,1-2H3,(H,52,53)/t27-,30+,39-/m0/s1. The van der Waals surface area contributed by atoms with E-state index in [0.717, 1.165) is 31.2 Å². The number of carbonyl (C=O) groups is 5. The van der Waals surface area contributed by atoms with Gasteiger partial charge in [0.1, 0.15) is 18.1 Å². The number of rotatable bonds is 12. The topological polar surface area (TPSA) is 164 Å². The molecule has 2 aliphatic carbocycles. The quantitative estimate of drug-likeness (QED) is 0.204. The van der Waals surface area contributed by atoms with E-state index in [2.05, 4.69) is 10.3 Å². The third kappa shape index (κ3) is 6.66. The van der Waals surface area contributed by atoms with Crippen molar-refractivity contribution in [3.8, 4) is 5.75 Å². The van der Waals surface area contributed by atoms with E-state index >= 15 is 0 Å². The van der Waals surface area contributed by atoms with Crippen molar-refractivity contribution in [2.45, 2.75) is 77.5 Å². The Bertz CT molecular complexity index is 2050. The van der Waals surface area contributed by atoms with Gasteiger partial charge >= 0.3 is 5.97 Å². The average Bonchev–Trinajstić information content (AvgIpc) is 3.64. The van der Waals surface area contributed by atoms with Crippen LogP contribution in [-0.2, 0) is 45.8 Å². The van der Waals surface area contributed by atoms with E-state index in [1.165, 1.54) is 4.90 Å². The number of halogens is 1. The molecule has 0 radical (unpaired) electrons. The average molecular weight is 773 g/mol. The maximum absolute atomic E-state index is 14.6. The van der Waals surface area contributed by atoms with Crippen LogP contribution in [0.5, 0.6) is 5.75 Å². The minimum Gasteiger partial charge on any atom is -0.487 e. The molecule has 1 spiro atoms. The van der Waals surface area contributed by atoms with Crippen molar-refractivity contribution in [1.82, 2.24) is 29.7 Å². The number of aryl methyl sites for hydroxylation is 1. The maximum Gasteiger partial charge on any atom is 0.310 e. The van der Waals surface area contributed by atoms with Crippen LogP contribution in [-0.4, -0.2) is 97.2 Å². The monoisotopic (exact) mass is 772 g/mol. The first-order valence-electron chi connectivity index (χ1n) is 19.1. The number of benzene rings is 2. The van der Waals surface area contributed by atoms with Gasteiger partial charge in [-0.05, 0) is 74.3 Å². The molecule has 3 fully saturated rings. The summed E-state index contributed by atoms with van der Waals surface area (Å²) in [4.78, 5) is 71.0. The summed E-state index contributed by atoms with van der Waals surface area (Å²) in [5, 5.41) is 19.4. The number of carboxylic acid groups (broad SMARTS) is 1. The molecule has 3 atom stereocenters. The van der Waals surface area contributed by atoms with Gasteiger partial charge in [0.15, 0.2) is 0 Å². The van der Waals surface area contributed by atoms with Gasteiger partial charge in [-0.3, -0.25) is 28.9 Å². The number of ether oxygens (including phenoxy) is 2. The molecule has 4 heterocycles. The van der Waals surface area contributed by atoms with Gasteiger partial charge in [-0.1, -0.05) is 41.8 Å². The molecule has 1 aromatic heterocycles. The first-order chi connectivity index (χ1) is 26.4. The fraction of sp³-hybridized carbons (Fsp3) is 0.525.